The Balaban J connectivity index is 2.09. The molecule has 21 heavy (non-hydrogen) atoms. The Labute approximate surface area is 122 Å². The Bertz CT molecular complexity index is 785. The highest BCUT2D eigenvalue weighted by Gasteiger charge is 2.17. The van der Waals surface area contributed by atoms with E-state index in [9.17, 15) is 9.18 Å². The van der Waals surface area contributed by atoms with Gasteiger partial charge in [0.1, 0.15) is 10.7 Å². The zero-order valence-electron chi connectivity index (χ0n) is 10.5. The summed E-state index contributed by atoms with van der Waals surface area (Å²) >= 11 is 1.29. The van der Waals surface area contributed by atoms with E-state index in [0.29, 0.717) is 16.1 Å². The van der Waals surface area contributed by atoms with Crippen LogP contribution < -0.4 is 11.1 Å². The van der Waals surface area contributed by atoms with E-state index in [1.807, 2.05) is 0 Å². The van der Waals surface area contributed by atoms with Crippen molar-refractivity contribution in [1.29, 1.82) is 0 Å². The lowest BCUT2D eigenvalue weighted by molar-refractivity contribution is 0.259. The smallest absolute Gasteiger partial charge is 0.316 e. The quantitative estimate of drug-likeness (QED) is 0.777. The SMILES string of the molecule is NC(=O)Nc1cc(-c2cccc(F)c2)sc1-c1nnco1. The van der Waals surface area contributed by atoms with Gasteiger partial charge < -0.3 is 15.5 Å². The summed E-state index contributed by atoms with van der Waals surface area (Å²) < 4.78 is 18.5. The van der Waals surface area contributed by atoms with Gasteiger partial charge in [0, 0.05) is 4.88 Å². The molecule has 6 nitrogen and oxygen atoms in total. The van der Waals surface area contributed by atoms with Gasteiger partial charge in [0.05, 0.1) is 5.69 Å². The van der Waals surface area contributed by atoms with Crippen molar-refractivity contribution in [2.75, 3.05) is 5.32 Å². The molecule has 0 atom stereocenters. The number of nitrogens with zero attached hydrogens (tertiary/aromatic N) is 2. The van der Waals surface area contributed by atoms with Crippen LogP contribution in [0.15, 0.2) is 41.1 Å². The molecule has 2 amide bonds. The van der Waals surface area contributed by atoms with Crippen LogP contribution in [0.2, 0.25) is 0 Å². The highest BCUT2D eigenvalue weighted by Crippen LogP contribution is 2.40. The van der Waals surface area contributed by atoms with Gasteiger partial charge in [-0.2, -0.15) is 0 Å². The van der Waals surface area contributed by atoms with E-state index < -0.39 is 6.03 Å². The van der Waals surface area contributed by atoms with Crippen LogP contribution in [-0.4, -0.2) is 16.2 Å². The molecule has 3 aromatic rings. The molecule has 0 aliphatic rings. The number of amides is 2. The highest BCUT2D eigenvalue weighted by molar-refractivity contribution is 7.19. The molecule has 106 valence electrons. The van der Waals surface area contributed by atoms with Crippen molar-refractivity contribution in [3.63, 3.8) is 0 Å². The number of nitrogens with one attached hydrogen (secondary N) is 1. The number of halogens is 1. The summed E-state index contributed by atoms with van der Waals surface area (Å²) in [6, 6.07) is 7.11. The number of carbonyl (C=O) groups excluding carboxylic acids is 1. The molecule has 0 saturated carbocycles. The predicted octanol–water partition coefficient (Wildman–Crippen LogP) is 3.09. The molecule has 3 N–H and O–H groups in total. The number of urea groups is 1. The Morgan fingerprint density at radius 2 is 2.24 bits per heavy atom. The van der Waals surface area contributed by atoms with Gasteiger partial charge in [-0.25, -0.2) is 9.18 Å². The number of thiophene rings is 1. The van der Waals surface area contributed by atoms with Gasteiger partial charge in [0.2, 0.25) is 6.39 Å². The molecule has 1 aromatic carbocycles. The fraction of sp³-hybridized carbons (Fsp3) is 0. The number of hydrogen-bond donors (Lipinski definition) is 2. The Morgan fingerprint density at radius 1 is 1.38 bits per heavy atom. The average molecular weight is 304 g/mol. The van der Waals surface area contributed by atoms with Crippen LogP contribution in [0, 0.1) is 5.82 Å². The van der Waals surface area contributed by atoms with Crippen LogP contribution in [0.25, 0.3) is 21.2 Å². The van der Waals surface area contributed by atoms with Crippen LogP contribution in [0.4, 0.5) is 14.9 Å². The molecule has 0 unspecified atom stereocenters. The zero-order valence-corrected chi connectivity index (χ0v) is 11.4. The predicted molar refractivity (Wildman–Crippen MR) is 76.2 cm³/mol. The first-order chi connectivity index (χ1) is 10.1. The third kappa shape index (κ3) is 2.75. The second-order valence-electron chi connectivity index (χ2n) is 4.10. The van der Waals surface area contributed by atoms with Gasteiger partial charge in [-0.05, 0) is 23.8 Å². The van der Waals surface area contributed by atoms with Gasteiger partial charge in [0.15, 0.2) is 0 Å². The van der Waals surface area contributed by atoms with E-state index in [2.05, 4.69) is 15.5 Å². The molecule has 0 saturated heterocycles. The van der Waals surface area contributed by atoms with Crippen molar-refractivity contribution in [2.45, 2.75) is 0 Å². The highest BCUT2D eigenvalue weighted by atomic mass is 32.1. The summed E-state index contributed by atoms with van der Waals surface area (Å²) in [5, 5.41) is 9.90. The lowest BCUT2D eigenvalue weighted by Gasteiger charge is -1.99. The van der Waals surface area contributed by atoms with E-state index in [0.717, 1.165) is 4.88 Å². The van der Waals surface area contributed by atoms with Crippen molar-refractivity contribution in [3.05, 3.63) is 42.5 Å². The van der Waals surface area contributed by atoms with Gasteiger partial charge in [-0.1, -0.05) is 12.1 Å². The second kappa shape index (κ2) is 5.33. The van der Waals surface area contributed by atoms with Gasteiger partial charge in [-0.15, -0.1) is 21.5 Å². The average Bonchev–Trinajstić information content (AvgIpc) is 3.06. The van der Waals surface area contributed by atoms with Crippen LogP contribution in [-0.2, 0) is 0 Å². The van der Waals surface area contributed by atoms with Gasteiger partial charge >= 0.3 is 6.03 Å². The molecule has 2 aromatic heterocycles. The molecule has 2 heterocycles. The topological polar surface area (TPSA) is 94.0 Å². The third-order valence-corrected chi connectivity index (χ3v) is 3.83. The van der Waals surface area contributed by atoms with Crippen LogP contribution in [0.1, 0.15) is 0 Å². The zero-order chi connectivity index (χ0) is 14.8. The molecule has 8 heteroatoms. The van der Waals surface area contributed by atoms with E-state index in [-0.39, 0.29) is 11.7 Å². The van der Waals surface area contributed by atoms with Crippen LogP contribution in [0.3, 0.4) is 0 Å². The lowest BCUT2D eigenvalue weighted by Crippen LogP contribution is -2.19. The molecule has 0 radical (unpaired) electrons. The molecule has 0 spiro atoms. The van der Waals surface area contributed by atoms with E-state index in [1.165, 1.54) is 29.9 Å². The molecule has 0 aliphatic carbocycles. The minimum Gasteiger partial charge on any atom is -0.423 e. The normalized spacial score (nSPS) is 10.5. The Kier molecular flexibility index (Phi) is 3.36. The third-order valence-electron chi connectivity index (χ3n) is 2.65. The van der Waals surface area contributed by atoms with E-state index in [4.69, 9.17) is 10.2 Å². The van der Waals surface area contributed by atoms with Crippen molar-refractivity contribution in [3.8, 4) is 21.2 Å². The fourth-order valence-corrected chi connectivity index (χ4v) is 2.87. The number of rotatable bonds is 3. The van der Waals surface area contributed by atoms with Crippen LogP contribution in [0.5, 0.6) is 0 Å². The van der Waals surface area contributed by atoms with Crippen molar-refractivity contribution in [1.82, 2.24) is 10.2 Å². The fourth-order valence-electron chi connectivity index (χ4n) is 1.83. The summed E-state index contributed by atoms with van der Waals surface area (Å²) in [6.45, 7) is 0. The maximum Gasteiger partial charge on any atom is 0.316 e. The minimum atomic E-state index is -0.709. The first-order valence-electron chi connectivity index (χ1n) is 5.86. The molecular weight excluding hydrogens is 295 g/mol. The van der Waals surface area contributed by atoms with Crippen molar-refractivity contribution >= 4 is 23.1 Å². The summed E-state index contributed by atoms with van der Waals surface area (Å²) in [7, 11) is 0. The number of benzene rings is 1. The summed E-state index contributed by atoms with van der Waals surface area (Å²) in [5.41, 5.74) is 6.27. The number of nitrogens with two attached hydrogens (primary N) is 1. The molecular formula is C13H9FN4O2S. The van der Waals surface area contributed by atoms with Gasteiger partial charge in [-0.3, -0.25) is 0 Å². The second-order valence-corrected chi connectivity index (χ2v) is 5.15. The number of hydrogen-bond acceptors (Lipinski definition) is 5. The maximum atomic E-state index is 13.3. The van der Waals surface area contributed by atoms with Crippen LogP contribution >= 0.6 is 11.3 Å². The number of primary amides is 1. The first-order valence-corrected chi connectivity index (χ1v) is 6.68. The lowest BCUT2D eigenvalue weighted by atomic mass is 10.2. The number of carbonyl (C=O) groups is 1. The summed E-state index contributed by atoms with van der Waals surface area (Å²) in [4.78, 5) is 12.4. The van der Waals surface area contributed by atoms with Crippen molar-refractivity contribution in [2.24, 2.45) is 5.73 Å². The van der Waals surface area contributed by atoms with E-state index >= 15 is 0 Å². The Hall–Kier alpha value is -2.74. The van der Waals surface area contributed by atoms with E-state index in [1.54, 1.807) is 18.2 Å². The van der Waals surface area contributed by atoms with Gasteiger partial charge in [0.25, 0.3) is 5.89 Å². The largest absolute Gasteiger partial charge is 0.423 e. The number of aromatic nitrogens is 2. The molecule has 0 aliphatic heterocycles. The number of anilines is 1. The standard InChI is InChI=1S/C13H9FN4O2S/c14-8-3-1-2-7(4-8)10-5-9(17-13(15)19)11(21-10)12-18-16-6-20-12/h1-6H,(H3,15,17,19). The molecule has 0 bridgehead atoms. The molecule has 3 rings (SSSR count). The maximum absolute atomic E-state index is 13.3. The van der Waals surface area contributed by atoms with Crippen molar-refractivity contribution < 1.29 is 13.6 Å². The minimum absolute atomic E-state index is 0.256. The first kappa shape index (κ1) is 13.3. The Morgan fingerprint density at radius 3 is 2.90 bits per heavy atom. The molecule has 0 fully saturated rings. The summed E-state index contributed by atoms with van der Waals surface area (Å²) in [6.07, 6.45) is 1.19. The monoisotopic (exact) mass is 304 g/mol. The summed E-state index contributed by atoms with van der Waals surface area (Å²) in [5.74, 6) is -0.0870.